The lowest BCUT2D eigenvalue weighted by molar-refractivity contribution is -0.131. The number of carbonyl (C=O) groups is 2. The number of benzene rings is 2. The van der Waals surface area contributed by atoms with Crippen LogP contribution in [0.25, 0.3) is 22.0 Å². The maximum atomic E-state index is 14.8. The number of carbonyl (C=O) groups excluding carboxylic acids is 2. The summed E-state index contributed by atoms with van der Waals surface area (Å²) in [6, 6.07) is 9.46. The molecule has 0 aliphatic carbocycles. The van der Waals surface area contributed by atoms with Crippen molar-refractivity contribution in [2.24, 2.45) is 11.7 Å². The first-order valence-corrected chi connectivity index (χ1v) is 14.4. The van der Waals surface area contributed by atoms with Crippen LogP contribution in [-0.2, 0) is 11.3 Å². The lowest BCUT2D eigenvalue weighted by Crippen LogP contribution is -2.51. The molecule has 13 heteroatoms. The van der Waals surface area contributed by atoms with Gasteiger partial charge in [-0.25, -0.2) is 4.39 Å². The van der Waals surface area contributed by atoms with Crippen LogP contribution >= 0.6 is 11.6 Å². The summed E-state index contributed by atoms with van der Waals surface area (Å²) in [7, 11) is 0. The Hall–Kier alpha value is -4.13. The molecule has 2 aliphatic heterocycles. The summed E-state index contributed by atoms with van der Waals surface area (Å²) in [5.74, 6) is -0.658. The zero-order chi connectivity index (χ0) is 30.4. The van der Waals surface area contributed by atoms with Gasteiger partial charge in [0, 0.05) is 35.4 Å². The van der Waals surface area contributed by atoms with Gasteiger partial charge in [-0.1, -0.05) is 30.7 Å². The molecule has 5 unspecified atom stereocenters. The van der Waals surface area contributed by atoms with Crippen molar-refractivity contribution >= 4 is 34.3 Å². The number of alkyl halides is 1. The predicted octanol–water partition coefficient (Wildman–Crippen LogP) is 3.17. The van der Waals surface area contributed by atoms with Crippen molar-refractivity contribution in [2.45, 2.75) is 51.3 Å². The molecule has 4 N–H and O–H groups in total. The second kappa shape index (κ2) is 11.5. The molecule has 2 aliphatic rings. The number of nitrogens with zero attached hydrogens (tertiary/aromatic N) is 5. The predicted molar refractivity (Wildman–Crippen MR) is 157 cm³/mol. The molecule has 0 bridgehead atoms. The summed E-state index contributed by atoms with van der Waals surface area (Å²) in [5, 5.41) is 27.4. The monoisotopic (exact) mass is 607 g/mol. The van der Waals surface area contributed by atoms with Crippen LogP contribution in [0.4, 0.5) is 4.39 Å². The van der Waals surface area contributed by atoms with Crippen LogP contribution in [0.5, 0.6) is 5.75 Å². The standard InChI is InChI=1S/C30H31ClFN7O4/c1-15-3-5-21(31)28-25(15)26(16(2)14-43-28)36-30(42)23-10-19(32)12-38(23)24(40)13-39-22-6-4-17(18-7-8-34-35-11-18)9-20(22)27(37-39)29(33)41/h3-9,11,16,19,23-24,26,40H,10,12-14H2,1-2H3,(H2,33,41)(H,36,42). The first-order valence-electron chi connectivity index (χ1n) is 14.0. The number of aliphatic hydroxyl groups is 1. The number of likely N-dealkylation sites (tertiary alicyclic amines) is 1. The van der Waals surface area contributed by atoms with Crippen molar-refractivity contribution in [3.05, 3.63) is 70.6 Å². The van der Waals surface area contributed by atoms with Crippen molar-refractivity contribution < 1.29 is 23.8 Å². The molecule has 11 nitrogen and oxygen atoms in total. The van der Waals surface area contributed by atoms with E-state index in [1.807, 2.05) is 26.0 Å². The van der Waals surface area contributed by atoms with Crippen LogP contribution in [0, 0.1) is 12.8 Å². The Balaban J connectivity index is 1.25. The van der Waals surface area contributed by atoms with Gasteiger partial charge >= 0.3 is 0 Å². The number of aromatic nitrogens is 4. The fourth-order valence-corrected chi connectivity index (χ4v) is 6.28. The minimum atomic E-state index is -1.31. The maximum absolute atomic E-state index is 14.8. The van der Waals surface area contributed by atoms with E-state index in [4.69, 9.17) is 22.1 Å². The number of hydrogen-bond acceptors (Lipinski definition) is 8. The van der Waals surface area contributed by atoms with Crippen molar-refractivity contribution in [1.29, 1.82) is 0 Å². The lowest BCUT2D eigenvalue weighted by atomic mass is 9.88. The second-order valence-corrected chi connectivity index (χ2v) is 11.6. The highest BCUT2D eigenvalue weighted by Crippen LogP contribution is 2.42. The van der Waals surface area contributed by atoms with Gasteiger partial charge in [-0.3, -0.25) is 19.2 Å². The molecule has 1 saturated heterocycles. The number of primary amides is 1. The summed E-state index contributed by atoms with van der Waals surface area (Å²) >= 11 is 6.38. The zero-order valence-corrected chi connectivity index (χ0v) is 24.3. The molecule has 224 valence electrons. The van der Waals surface area contributed by atoms with Gasteiger partial charge in [0.2, 0.25) is 5.91 Å². The fourth-order valence-electron chi connectivity index (χ4n) is 6.06. The van der Waals surface area contributed by atoms with Crippen LogP contribution in [0.1, 0.15) is 41.0 Å². The quantitative estimate of drug-likeness (QED) is 0.290. The topological polar surface area (TPSA) is 148 Å². The first-order chi connectivity index (χ1) is 20.6. The molecule has 0 spiro atoms. The smallest absolute Gasteiger partial charge is 0.269 e. The lowest BCUT2D eigenvalue weighted by Gasteiger charge is -2.35. The molecular weight excluding hydrogens is 577 g/mol. The Kier molecular flexibility index (Phi) is 7.75. The molecule has 6 rings (SSSR count). The van der Waals surface area contributed by atoms with E-state index in [0.29, 0.717) is 28.3 Å². The van der Waals surface area contributed by atoms with E-state index in [0.717, 1.165) is 22.3 Å². The molecule has 4 heterocycles. The van der Waals surface area contributed by atoms with E-state index in [1.54, 1.807) is 36.7 Å². The number of nitrogens with two attached hydrogens (primary N) is 1. The number of aliphatic hydroxyl groups excluding tert-OH is 1. The average Bonchev–Trinajstić information content (AvgIpc) is 3.57. The molecule has 2 amide bonds. The van der Waals surface area contributed by atoms with Crippen LogP contribution in [0.3, 0.4) is 0 Å². The minimum Gasteiger partial charge on any atom is -0.491 e. The number of hydrogen-bond donors (Lipinski definition) is 3. The van der Waals surface area contributed by atoms with Gasteiger partial charge in [0.1, 0.15) is 18.1 Å². The number of aryl methyl sites for hydroxylation is 1. The van der Waals surface area contributed by atoms with E-state index in [9.17, 15) is 19.1 Å². The van der Waals surface area contributed by atoms with Crippen LogP contribution in [0.15, 0.2) is 48.8 Å². The number of fused-ring (bicyclic) bond motifs is 2. The van der Waals surface area contributed by atoms with E-state index >= 15 is 0 Å². The molecule has 2 aromatic heterocycles. The average molecular weight is 608 g/mol. The minimum absolute atomic E-state index is 0.0337. The third-order valence-electron chi connectivity index (χ3n) is 8.25. The van der Waals surface area contributed by atoms with E-state index in [-0.39, 0.29) is 31.1 Å². The Labute approximate surface area is 251 Å². The van der Waals surface area contributed by atoms with Crippen molar-refractivity contribution in [1.82, 2.24) is 30.2 Å². The van der Waals surface area contributed by atoms with E-state index in [2.05, 4.69) is 20.6 Å². The summed E-state index contributed by atoms with van der Waals surface area (Å²) in [6.45, 7) is 3.98. The largest absolute Gasteiger partial charge is 0.491 e. The van der Waals surface area contributed by atoms with E-state index in [1.165, 1.54) is 9.58 Å². The molecular formula is C30H31ClFN7O4. The van der Waals surface area contributed by atoms with Gasteiger partial charge < -0.3 is 20.9 Å². The molecule has 1 fully saturated rings. The Morgan fingerprint density at radius 2 is 2.05 bits per heavy atom. The molecule has 43 heavy (non-hydrogen) atoms. The molecule has 2 aromatic carbocycles. The number of nitrogens with one attached hydrogen (secondary N) is 1. The zero-order valence-electron chi connectivity index (χ0n) is 23.6. The van der Waals surface area contributed by atoms with Gasteiger partial charge in [-0.2, -0.15) is 15.3 Å². The summed E-state index contributed by atoms with van der Waals surface area (Å²) < 4.78 is 22.1. The first kappa shape index (κ1) is 29.0. The van der Waals surface area contributed by atoms with Crippen LogP contribution < -0.4 is 15.8 Å². The van der Waals surface area contributed by atoms with Crippen molar-refractivity contribution in [3.8, 4) is 16.9 Å². The summed E-state index contributed by atoms with van der Waals surface area (Å²) in [4.78, 5) is 27.4. The molecule has 4 aromatic rings. The Morgan fingerprint density at radius 3 is 2.79 bits per heavy atom. The highest BCUT2D eigenvalue weighted by Gasteiger charge is 2.42. The Bertz CT molecular complexity index is 1700. The van der Waals surface area contributed by atoms with Gasteiger partial charge in [0.15, 0.2) is 5.69 Å². The highest BCUT2D eigenvalue weighted by molar-refractivity contribution is 6.32. The number of rotatable bonds is 7. The van der Waals surface area contributed by atoms with Crippen LogP contribution in [0.2, 0.25) is 5.02 Å². The molecule has 0 saturated carbocycles. The Morgan fingerprint density at radius 1 is 1.23 bits per heavy atom. The molecule has 5 atom stereocenters. The maximum Gasteiger partial charge on any atom is 0.269 e. The van der Waals surface area contributed by atoms with Gasteiger partial charge in [-0.15, -0.1) is 0 Å². The van der Waals surface area contributed by atoms with Gasteiger partial charge in [0.25, 0.3) is 5.91 Å². The number of halogens is 2. The highest BCUT2D eigenvalue weighted by atomic mass is 35.5. The molecule has 0 radical (unpaired) electrons. The normalized spacial score (nSPS) is 22.6. The summed E-state index contributed by atoms with van der Waals surface area (Å²) in [6.07, 6.45) is 0.499. The summed E-state index contributed by atoms with van der Waals surface area (Å²) in [5.41, 5.74) is 9.51. The number of amides is 2. The SMILES string of the molecule is Cc1ccc(Cl)c2c1C(NC(=O)C1CC(F)CN1C(O)Cn1nc(C(N)=O)c3cc(-c4ccnnc4)ccc31)C(C)CO2. The van der Waals surface area contributed by atoms with Crippen LogP contribution in [-0.4, -0.2) is 73.4 Å². The number of ether oxygens (including phenoxy) is 1. The second-order valence-electron chi connectivity index (χ2n) is 11.2. The third-order valence-corrected chi connectivity index (χ3v) is 8.54. The van der Waals surface area contributed by atoms with E-state index < -0.39 is 36.3 Å². The van der Waals surface area contributed by atoms with Crippen molar-refractivity contribution in [3.63, 3.8) is 0 Å². The van der Waals surface area contributed by atoms with Crippen molar-refractivity contribution in [2.75, 3.05) is 13.2 Å². The third kappa shape index (κ3) is 5.41. The fraction of sp³-hybridized carbons (Fsp3) is 0.367. The van der Waals surface area contributed by atoms with Gasteiger partial charge in [-0.05, 0) is 42.3 Å². The van der Waals surface area contributed by atoms with Gasteiger partial charge in [0.05, 0.1) is 48.2 Å².